The molecule has 5 nitrogen and oxygen atoms in total. The van der Waals surface area contributed by atoms with Crippen molar-refractivity contribution in [1.29, 1.82) is 0 Å². The molecule has 0 radical (unpaired) electrons. The highest BCUT2D eigenvalue weighted by Crippen LogP contribution is 2.29. The van der Waals surface area contributed by atoms with E-state index in [-0.39, 0.29) is 5.43 Å². The summed E-state index contributed by atoms with van der Waals surface area (Å²) in [5.74, 6) is 0.654. The summed E-state index contributed by atoms with van der Waals surface area (Å²) >= 11 is 0. The summed E-state index contributed by atoms with van der Waals surface area (Å²) < 4.78 is 5.61. The third-order valence-corrected chi connectivity index (χ3v) is 5.77. The van der Waals surface area contributed by atoms with E-state index in [9.17, 15) is 9.59 Å². The topological polar surface area (TPSA) is 53.8 Å². The highest BCUT2D eigenvalue weighted by atomic mass is 16.3. The zero-order chi connectivity index (χ0) is 18.1. The van der Waals surface area contributed by atoms with Crippen molar-refractivity contribution in [3.63, 3.8) is 0 Å². The maximum Gasteiger partial charge on any atom is 0.223 e. The molecule has 1 aliphatic carbocycles. The second-order valence-corrected chi connectivity index (χ2v) is 7.84. The lowest BCUT2D eigenvalue weighted by Gasteiger charge is -2.25. The largest absolute Gasteiger partial charge is 0.464 e. The van der Waals surface area contributed by atoms with Gasteiger partial charge in [0.2, 0.25) is 5.91 Å². The molecule has 1 saturated carbocycles. The maximum atomic E-state index is 12.6. The van der Waals surface area contributed by atoms with Crippen LogP contribution in [0.3, 0.4) is 0 Å². The van der Waals surface area contributed by atoms with Crippen molar-refractivity contribution in [2.75, 3.05) is 20.1 Å². The van der Waals surface area contributed by atoms with E-state index in [2.05, 4.69) is 9.80 Å². The van der Waals surface area contributed by atoms with Gasteiger partial charge in [-0.1, -0.05) is 25.0 Å². The van der Waals surface area contributed by atoms with Crippen LogP contribution in [-0.2, 0) is 11.3 Å². The molecule has 2 heterocycles. The molecule has 0 unspecified atom stereocenters. The van der Waals surface area contributed by atoms with E-state index < -0.39 is 0 Å². The van der Waals surface area contributed by atoms with Gasteiger partial charge in [0, 0.05) is 37.7 Å². The number of benzene rings is 1. The first-order valence-electron chi connectivity index (χ1n) is 9.59. The number of carbonyl (C=O) groups excluding carboxylic acids is 1. The molecule has 26 heavy (non-hydrogen) atoms. The molecular weight excluding hydrogens is 328 g/mol. The van der Waals surface area contributed by atoms with Gasteiger partial charge in [-0.05, 0) is 37.9 Å². The monoisotopic (exact) mass is 354 g/mol. The summed E-state index contributed by atoms with van der Waals surface area (Å²) in [5.41, 5.74) is 1.33. The second-order valence-electron chi connectivity index (χ2n) is 7.84. The molecule has 2 fully saturated rings. The Bertz CT molecular complexity index is 854. The Kier molecular flexibility index (Phi) is 4.81. The SMILES string of the molecule is CN(Cc1coc2ccccc2c1=O)C[C@H]1CC(=O)N(C2CCCC2)C1. The molecule has 2 aliphatic rings. The number of hydrogen-bond donors (Lipinski definition) is 0. The Morgan fingerprint density at radius 1 is 1.19 bits per heavy atom. The second kappa shape index (κ2) is 7.23. The fraction of sp³-hybridized carbons (Fsp3) is 0.524. The summed E-state index contributed by atoms with van der Waals surface area (Å²) in [6.45, 7) is 2.22. The van der Waals surface area contributed by atoms with Crippen LogP contribution in [0.5, 0.6) is 0 Å². The van der Waals surface area contributed by atoms with Gasteiger partial charge in [-0.2, -0.15) is 0 Å². The lowest BCUT2D eigenvalue weighted by atomic mass is 10.1. The molecule has 1 aliphatic heterocycles. The summed E-state index contributed by atoms with van der Waals surface area (Å²) in [6, 6.07) is 7.80. The van der Waals surface area contributed by atoms with Gasteiger partial charge in [0.25, 0.3) is 0 Å². The molecule has 1 saturated heterocycles. The van der Waals surface area contributed by atoms with Crippen LogP contribution < -0.4 is 5.43 Å². The number of rotatable bonds is 5. The van der Waals surface area contributed by atoms with E-state index in [1.807, 2.05) is 25.2 Å². The fourth-order valence-electron chi connectivity index (χ4n) is 4.52. The van der Waals surface area contributed by atoms with Crippen LogP contribution >= 0.6 is 0 Å². The van der Waals surface area contributed by atoms with Gasteiger partial charge in [0.15, 0.2) is 5.43 Å². The number of carbonyl (C=O) groups is 1. The number of nitrogens with zero attached hydrogens (tertiary/aromatic N) is 2. The average Bonchev–Trinajstić information content (AvgIpc) is 3.27. The molecule has 4 rings (SSSR count). The summed E-state index contributed by atoms with van der Waals surface area (Å²) in [5, 5.41) is 0.627. The van der Waals surface area contributed by atoms with Crippen molar-refractivity contribution in [3.8, 4) is 0 Å². The van der Waals surface area contributed by atoms with E-state index in [1.165, 1.54) is 12.8 Å². The first kappa shape index (κ1) is 17.3. The third kappa shape index (κ3) is 3.40. The molecule has 0 spiro atoms. The predicted molar refractivity (Wildman–Crippen MR) is 101 cm³/mol. The van der Waals surface area contributed by atoms with Crippen LogP contribution in [0.2, 0.25) is 0 Å². The van der Waals surface area contributed by atoms with Crippen LogP contribution in [0.25, 0.3) is 11.0 Å². The molecule has 138 valence electrons. The minimum atomic E-state index is 0.0359. The van der Waals surface area contributed by atoms with Crippen molar-refractivity contribution in [2.45, 2.75) is 44.7 Å². The van der Waals surface area contributed by atoms with Gasteiger partial charge in [-0.15, -0.1) is 0 Å². The van der Waals surface area contributed by atoms with Crippen LogP contribution in [0.1, 0.15) is 37.7 Å². The van der Waals surface area contributed by atoms with Crippen LogP contribution in [0.15, 0.2) is 39.7 Å². The Morgan fingerprint density at radius 2 is 1.96 bits per heavy atom. The van der Waals surface area contributed by atoms with Gasteiger partial charge < -0.3 is 14.2 Å². The van der Waals surface area contributed by atoms with Crippen molar-refractivity contribution in [2.24, 2.45) is 5.92 Å². The van der Waals surface area contributed by atoms with Crippen molar-refractivity contribution >= 4 is 16.9 Å². The smallest absolute Gasteiger partial charge is 0.223 e. The maximum absolute atomic E-state index is 12.6. The summed E-state index contributed by atoms with van der Waals surface area (Å²) in [7, 11) is 2.01. The van der Waals surface area contributed by atoms with E-state index in [0.717, 1.165) is 25.9 Å². The summed E-state index contributed by atoms with van der Waals surface area (Å²) in [6.07, 6.45) is 7.02. The Balaban J connectivity index is 1.40. The van der Waals surface area contributed by atoms with Crippen LogP contribution in [0.4, 0.5) is 0 Å². The third-order valence-electron chi connectivity index (χ3n) is 5.77. The first-order chi connectivity index (χ1) is 12.6. The van der Waals surface area contributed by atoms with Gasteiger partial charge in [0.1, 0.15) is 5.58 Å². The molecule has 0 bridgehead atoms. The first-order valence-corrected chi connectivity index (χ1v) is 9.59. The van der Waals surface area contributed by atoms with E-state index >= 15 is 0 Å². The van der Waals surface area contributed by atoms with E-state index in [0.29, 0.717) is 47.4 Å². The van der Waals surface area contributed by atoms with Crippen LogP contribution in [0, 0.1) is 5.92 Å². The number of amides is 1. The predicted octanol–water partition coefficient (Wildman–Crippen LogP) is 3.02. The van der Waals surface area contributed by atoms with Crippen LogP contribution in [-0.4, -0.2) is 41.9 Å². The summed E-state index contributed by atoms with van der Waals surface area (Å²) in [4.78, 5) is 29.2. The molecular formula is C21H26N2O3. The minimum absolute atomic E-state index is 0.0359. The van der Waals surface area contributed by atoms with Gasteiger partial charge in [-0.3, -0.25) is 9.59 Å². The Labute approximate surface area is 153 Å². The van der Waals surface area contributed by atoms with E-state index in [1.54, 1.807) is 12.3 Å². The Morgan fingerprint density at radius 3 is 2.77 bits per heavy atom. The number of likely N-dealkylation sites (tertiary alicyclic amines) is 1. The standard InChI is InChI=1S/C21H26N2O3/c1-22(11-15-10-20(24)23(12-15)17-6-2-3-7-17)13-16-14-26-19-9-5-4-8-18(19)21(16)25/h4-5,8-9,14-15,17H,2-3,6-7,10-13H2,1H3/t15-/m1/s1. The molecule has 1 aromatic carbocycles. The van der Waals surface area contributed by atoms with Gasteiger partial charge >= 0.3 is 0 Å². The molecule has 0 N–H and O–H groups in total. The zero-order valence-electron chi connectivity index (χ0n) is 15.3. The molecule has 2 aromatic rings. The number of para-hydroxylation sites is 1. The van der Waals surface area contributed by atoms with E-state index in [4.69, 9.17) is 4.42 Å². The lowest BCUT2D eigenvalue weighted by Crippen LogP contribution is -2.35. The quantitative estimate of drug-likeness (QED) is 0.828. The zero-order valence-corrected chi connectivity index (χ0v) is 15.3. The highest BCUT2D eigenvalue weighted by molar-refractivity contribution is 5.79. The van der Waals surface area contributed by atoms with Crippen molar-refractivity contribution in [1.82, 2.24) is 9.80 Å². The minimum Gasteiger partial charge on any atom is -0.464 e. The van der Waals surface area contributed by atoms with Crippen molar-refractivity contribution < 1.29 is 9.21 Å². The lowest BCUT2D eigenvalue weighted by molar-refractivity contribution is -0.129. The molecule has 5 heteroatoms. The normalized spacial score (nSPS) is 21.4. The Hall–Kier alpha value is -2.14. The molecule has 1 atom stereocenters. The van der Waals surface area contributed by atoms with Gasteiger partial charge in [-0.25, -0.2) is 0 Å². The molecule has 1 aromatic heterocycles. The number of fused-ring (bicyclic) bond motifs is 1. The fourth-order valence-corrected chi connectivity index (χ4v) is 4.52. The molecule has 1 amide bonds. The average molecular weight is 354 g/mol. The van der Waals surface area contributed by atoms with Crippen molar-refractivity contribution in [3.05, 3.63) is 46.3 Å². The highest BCUT2D eigenvalue weighted by Gasteiger charge is 2.35. The number of hydrogen-bond acceptors (Lipinski definition) is 4. The van der Waals surface area contributed by atoms with Gasteiger partial charge in [0.05, 0.1) is 11.6 Å².